The van der Waals surface area contributed by atoms with Crippen molar-refractivity contribution < 1.29 is 18.8 Å². The Labute approximate surface area is 188 Å². The molecule has 2 aliphatic heterocycles. The van der Waals surface area contributed by atoms with Crippen molar-refractivity contribution in [2.24, 2.45) is 11.8 Å². The lowest BCUT2D eigenvalue weighted by Crippen LogP contribution is -2.51. The van der Waals surface area contributed by atoms with Crippen LogP contribution in [0.15, 0.2) is 18.2 Å². The highest BCUT2D eigenvalue weighted by Gasteiger charge is 2.39. The van der Waals surface area contributed by atoms with E-state index in [-0.39, 0.29) is 29.2 Å². The first-order chi connectivity index (χ1) is 15.4. The number of nitrogens with one attached hydrogen (secondary N) is 1. The van der Waals surface area contributed by atoms with Gasteiger partial charge < -0.3 is 15.1 Å². The molecule has 0 bridgehead atoms. The average molecular weight is 445 g/mol. The zero-order valence-corrected chi connectivity index (χ0v) is 18.8. The smallest absolute Gasteiger partial charge is 0.256 e. The van der Waals surface area contributed by atoms with Gasteiger partial charge in [0.1, 0.15) is 5.82 Å². The van der Waals surface area contributed by atoms with Crippen LogP contribution < -0.4 is 5.32 Å². The van der Waals surface area contributed by atoms with Gasteiger partial charge in [0.15, 0.2) is 0 Å². The monoisotopic (exact) mass is 444 g/mol. The highest BCUT2D eigenvalue weighted by Crippen LogP contribution is 2.38. The van der Waals surface area contributed by atoms with E-state index in [4.69, 9.17) is 0 Å². The van der Waals surface area contributed by atoms with E-state index in [1.165, 1.54) is 31.0 Å². The number of carbonyl (C=O) groups is 3. The van der Waals surface area contributed by atoms with Crippen LogP contribution in [0.4, 0.5) is 10.1 Å². The van der Waals surface area contributed by atoms with Gasteiger partial charge in [0.2, 0.25) is 11.8 Å². The lowest BCUT2D eigenvalue weighted by molar-refractivity contribution is -0.132. The van der Waals surface area contributed by atoms with Gasteiger partial charge >= 0.3 is 0 Å². The van der Waals surface area contributed by atoms with Gasteiger partial charge in [-0.05, 0) is 43.4 Å². The molecular formula is C24H33FN4O3. The minimum Gasteiger partial charge on any atom is -0.342 e. The van der Waals surface area contributed by atoms with Gasteiger partial charge in [-0.25, -0.2) is 4.39 Å². The van der Waals surface area contributed by atoms with E-state index < -0.39 is 5.82 Å². The van der Waals surface area contributed by atoms with Crippen molar-refractivity contribution >= 4 is 23.4 Å². The standard InChI is InChI=1S/C24H33FN4O3/c1-17-14-19(17)23(31)26-21-7-6-18(25)15-20(21)24(32)29-12-10-27(11-13-29)16-22(30)28-8-4-2-3-5-9-28/h6-7,15,17,19H,2-5,8-14,16H2,1H3,(H,26,31). The van der Waals surface area contributed by atoms with Crippen molar-refractivity contribution in [2.45, 2.75) is 39.0 Å². The number of likely N-dealkylation sites (tertiary alicyclic amines) is 1. The van der Waals surface area contributed by atoms with Crippen LogP contribution in [0.5, 0.6) is 0 Å². The molecule has 3 amide bonds. The van der Waals surface area contributed by atoms with Gasteiger partial charge in [-0.3, -0.25) is 19.3 Å². The molecule has 1 aromatic rings. The summed E-state index contributed by atoms with van der Waals surface area (Å²) in [5.74, 6) is -0.436. The molecular weight excluding hydrogens is 411 g/mol. The predicted molar refractivity (Wildman–Crippen MR) is 120 cm³/mol. The number of amides is 3. The van der Waals surface area contributed by atoms with Crippen LogP contribution in [0.1, 0.15) is 49.4 Å². The van der Waals surface area contributed by atoms with E-state index in [1.54, 1.807) is 4.90 Å². The van der Waals surface area contributed by atoms with Crippen molar-refractivity contribution in [3.63, 3.8) is 0 Å². The fourth-order valence-corrected chi connectivity index (χ4v) is 4.61. The third-order valence-corrected chi connectivity index (χ3v) is 6.89. The van der Waals surface area contributed by atoms with Crippen LogP contribution in [-0.2, 0) is 9.59 Å². The number of hydrogen-bond donors (Lipinski definition) is 1. The van der Waals surface area contributed by atoms with Gasteiger partial charge in [-0.2, -0.15) is 0 Å². The summed E-state index contributed by atoms with van der Waals surface area (Å²) >= 11 is 0. The number of benzene rings is 1. The maximum Gasteiger partial charge on any atom is 0.256 e. The van der Waals surface area contributed by atoms with Crippen LogP contribution in [0.25, 0.3) is 0 Å². The largest absolute Gasteiger partial charge is 0.342 e. The molecule has 2 saturated heterocycles. The van der Waals surface area contributed by atoms with E-state index in [2.05, 4.69) is 10.2 Å². The molecule has 1 saturated carbocycles. The molecule has 2 atom stereocenters. The second-order valence-corrected chi connectivity index (χ2v) is 9.36. The first kappa shape index (κ1) is 22.7. The summed E-state index contributed by atoms with van der Waals surface area (Å²) in [7, 11) is 0. The molecule has 0 radical (unpaired) electrons. The van der Waals surface area contributed by atoms with Crippen LogP contribution in [0.3, 0.4) is 0 Å². The number of nitrogens with zero attached hydrogens (tertiary/aromatic N) is 3. The second-order valence-electron chi connectivity index (χ2n) is 9.36. The minimum absolute atomic E-state index is 0.0340. The number of piperazine rings is 1. The Hall–Kier alpha value is -2.48. The molecule has 4 rings (SSSR count). The SMILES string of the molecule is CC1CC1C(=O)Nc1ccc(F)cc1C(=O)N1CCN(CC(=O)N2CCCCCC2)CC1. The first-order valence-electron chi connectivity index (χ1n) is 11.8. The topological polar surface area (TPSA) is 73.0 Å². The fourth-order valence-electron chi connectivity index (χ4n) is 4.61. The molecule has 7 nitrogen and oxygen atoms in total. The second kappa shape index (κ2) is 9.98. The number of rotatable bonds is 5. The minimum atomic E-state index is -0.507. The van der Waals surface area contributed by atoms with Gasteiger partial charge in [0.05, 0.1) is 17.8 Å². The molecule has 3 aliphatic rings. The number of hydrogen-bond acceptors (Lipinski definition) is 4. The molecule has 1 aliphatic carbocycles. The van der Waals surface area contributed by atoms with Crippen molar-refractivity contribution in [1.82, 2.24) is 14.7 Å². The molecule has 1 N–H and O–H groups in total. The highest BCUT2D eigenvalue weighted by molar-refractivity contribution is 6.04. The van der Waals surface area contributed by atoms with Gasteiger partial charge in [0, 0.05) is 45.2 Å². The Kier molecular flexibility index (Phi) is 7.08. The van der Waals surface area contributed by atoms with E-state index in [0.29, 0.717) is 44.3 Å². The highest BCUT2D eigenvalue weighted by atomic mass is 19.1. The summed E-state index contributed by atoms with van der Waals surface area (Å²) in [6.07, 6.45) is 5.36. The van der Waals surface area contributed by atoms with Crippen molar-refractivity contribution in [1.29, 1.82) is 0 Å². The van der Waals surface area contributed by atoms with E-state index in [1.807, 2.05) is 11.8 Å². The summed E-state index contributed by atoms with van der Waals surface area (Å²) < 4.78 is 13.9. The quantitative estimate of drug-likeness (QED) is 0.758. The molecule has 0 aromatic heterocycles. The van der Waals surface area contributed by atoms with Crippen molar-refractivity contribution in [3.05, 3.63) is 29.6 Å². The van der Waals surface area contributed by atoms with Crippen LogP contribution in [0, 0.1) is 17.7 Å². The Morgan fingerprint density at radius 1 is 0.969 bits per heavy atom. The molecule has 0 spiro atoms. The summed E-state index contributed by atoms with van der Waals surface area (Å²) in [5, 5.41) is 2.81. The average Bonchev–Trinajstić information content (AvgIpc) is 3.57. The Morgan fingerprint density at radius 2 is 1.62 bits per heavy atom. The van der Waals surface area contributed by atoms with E-state index in [9.17, 15) is 18.8 Å². The van der Waals surface area contributed by atoms with Crippen molar-refractivity contribution in [2.75, 3.05) is 51.1 Å². The number of halogens is 1. The molecule has 32 heavy (non-hydrogen) atoms. The van der Waals surface area contributed by atoms with Gasteiger partial charge in [-0.1, -0.05) is 19.8 Å². The van der Waals surface area contributed by atoms with Gasteiger partial charge in [-0.15, -0.1) is 0 Å². The first-order valence-corrected chi connectivity index (χ1v) is 11.8. The molecule has 3 fully saturated rings. The molecule has 2 heterocycles. The predicted octanol–water partition coefficient (Wildman–Crippen LogP) is 2.58. The summed E-state index contributed by atoms with van der Waals surface area (Å²) in [6.45, 7) is 6.20. The lowest BCUT2D eigenvalue weighted by atomic mass is 10.1. The van der Waals surface area contributed by atoms with Crippen molar-refractivity contribution in [3.8, 4) is 0 Å². The van der Waals surface area contributed by atoms with Crippen LogP contribution >= 0.6 is 0 Å². The van der Waals surface area contributed by atoms with Crippen LogP contribution in [0.2, 0.25) is 0 Å². The third kappa shape index (κ3) is 5.46. The Morgan fingerprint density at radius 3 is 2.25 bits per heavy atom. The lowest BCUT2D eigenvalue weighted by Gasteiger charge is -2.35. The normalized spacial score (nSPS) is 24.1. The number of anilines is 1. The zero-order chi connectivity index (χ0) is 22.7. The number of carbonyl (C=O) groups excluding carboxylic acids is 3. The van der Waals surface area contributed by atoms with Gasteiger partial charge in [0.25, 0.3) is 5.91 Å². The summed E-state index contributed by atoms with van der Waals surface area (Å²) in [4.78, 5) is 43.9. The molecule has 1 aromatic carbocycles. The van der Waals surface area contributed by atoms with Crippen LogP contribution in [-0.4, -0.2) is 78.2 Å². The maximum atomic E-state index is 13.9. The maximum absolute atomic E-state index is 13.9. The Bertz CT molecular complexity index is 861. The third-order valence-electron chi connectivity index (χ3n) is 6.89. The summed E-state index contributed by atoms with van der Waals surface area (Å²) in [5.41, 5.74) is 0.542. The van der Waals surface area contributed by atoms with E-state index in [0.717, 1.165) is 32.4 Å². The summed E-state index contributed by atoms with van der Waals surface area (Å²) in [6, 6.07) is 3.92. The molecule has 8 heteroatoms. The Balaban J connectivity index is 1.33. The zero-order valence-electron chi connectivity index (χ0n) is 18.8. The van der Waals surface area contributed by atoms with E-state index >= 15 is 0 Å². The molecule has 2 unspecified atom stereocenters. The molecule has 174 valence electrons. The fraction of sp³-hybridized carbons (Fsp3) is 0.625.